The van der Waals surface area contributed by atoms with E-state index in [0.717, 1.165) is 0 Å². The largest absolute Gasteiger partial charge is 0.498 e. The molecular weight excluding hydrogens is 311 g/mol. The molecule has 2 aliphatic rings. The summed E-state index contributed by atoms with van der Waals surface area (Å²) in [5.74, 6) is 0.679. The smallest absolute Gasteiger partial charge is 0.488 e. The van der Waals surface area contributed by atoms with Crippen LogP contribution in [0, 0.1) is 0 Å². The monoisotopic (exact) mass is 334 g/mol. The van der Waals surface area contributed by atoms with Crippen molar-refractivity contribution in [3.63, 3.8) is 0 Å². The fraction of sp³-hybridized carbons (Fsp3) is 0.625. The van der Waals surface area contributed by atoms with Crippen LogP contribution in [0.5, 0.6) is 5.75 Å². The lowest BCUT2D eigenvalue weighted by Crippen LogP contribution is -2.41. The van der Waals surface area contributed by atoms with Gasteiger partial charge in [0.15, 0.2) is 17.3 Å². The van der Waals surface area contributed by atoms with Crippen molar-refractivity contribution in [3.8, 4) is 5.75 Å². The Hall–Kier alpha value is -1.80. The molecule has 1 aromatic heterocycles. The Morgan fingerprint density at radius 3 is 2.50 bits per heavy atom. The van der Waals surface area contributed by atoms with Crippen LogP contribution in [0.4, 0.5) is 5.82 Å². The first-order chi connectivity index (χ1) is 11.2. The van der Waals surface area contributed by atoms with Crippen molar-refractivity contribution in [3.05, 3.63) is 11.8 Å². The van der Waals surface area contributed by atoms with Gasteiger partial charge in [0.1, 0.15) is 6.61 Å². The first-order valence-corrected chi connectivity index (χ1v) is 7.99. The number of hydrogen-bond acceptors (Lipinski definition) is 7. The summed E-state index contributed by atoms with van der Waals surface area (Å²) in [6, 6.07) is 1.63. The van der Waals surface area contributed by atoms with E-state index in [2.05, 4.69) is 4.98 Å². The van der Waals surface area contributed by atoms with Gasteiger partial charge in [0.25, 0.3) is 0 Å². The molecule has 2 aliphatic heterocycles. The van der Waals surface area contributed by atoms with E-state index in [0.29, 0.717) is 30.2 Å². The third-order valence-corrected chi connectivity index (χ3v) is 4.92. The lowest BCUT2D eigenvalue weighted by atomic mass is 9.78. The summed E-state index contributed by atoms with van der Waals surface area (Å²) in [5, 5.41) is 0. The van der Waals surface area contributed by atoms with Crippen molar-refractivity contribution >= 4 is 24.4 Å². The van der Waals surface area contributed by atoms with Gasteiger partial charge in [0, 0.05) is 12.5 Å². The molecule has 1 fully saturated rings. The number of fused-ring (bicyclic) bond motifs is 1. The first-order valence-electron chi connectivity index (χ1n) is 7.99. The molecule has 3 rings (SSSR count). The molecule has 8 heteroatoms. The molecule has 3 heterocycles. The predicted molar refractivity (Wildman–Crippen MR) is 90.1 cm³/mol. The van der Waals surface area contributed by atoms with Gasteiger partial charge in [-0.2, -0.15) is 0 Å². The van der Waals surface area contributed by atoms with Crippen LogP contribution in [0.3, 0.4) is 0 Å². The summed E-state index contributed by atoms with van der Waals surface area (Å²) in [5.41, 5.74) is -0.108. The van der Waals surface area contributed by atoms with Crippen molar-refractivity contribution in [2.24, 2.45) is 0 Å². The van der Waals surface area contributed by atoms with E-state index in [1.807, 2.05) is 39.6 Å². The van der Waals surface area contributed by atoms with Crippen LogP contribution in [-0.4, -0.2) is 56.6 Å². The van der Waals surface area contributed by atoms with Crippen LogP contribution >= 0.6 is 0 Å². The maximum Gasteiger partial charge on any atom is 0.498 e. The lowest BCUT2D eigenvalue weighted by molar-refractivity contribution is 0.00578. The molecule has 0 N–H and O–H groups in total. The highest BCUT2D eigenvalue weighted by Gasteiger charge is 2.53. The highest BCUT2D eigenvalue weighted by molar-refractivity contribution is 6.63. The van der Waals surface area contributed by atoms with Gasteiger partial charge in [-0.1, -0.05) is 0 Å². The van der Waals surface area contributed by atoms with E-state index in [9.17, 15) is 4.79 Å². The predicted octanol–water partition coefficient (Wildman–Crippen LogP) is 0.996. The number of carbonyl (C=O) groups is 1. The van der Waals surface area contributed by atoms with Gasteiger partial charge in [-0.15, -0.1) is 0 Å². The molecule has 130 valence electrons. The number of hydrogen-bond donors (Lipinski definition) is 0. The number of ether oxygens (including phenoxy) is 2. The Balaban J connectivity index is 2.10. The summed E-state index contributed by atoms with van der Waals surface area (Å²) in [7, 11) is 2.60. The second-order valence-electron chi connectivity index (χ2n) is 7.10. The molecule has 24 heavy (non-hydrogen) atoms. The number of aromatic nitrogens is 1. The van der Waals surface area contributed by atoms with Crippen molar-refractivity contribution < 1.29 is 23.6 Å². The Bertz CT molecular complexity index is 661. The number of carbonyl (C=O) groups excluding carboxylic acids is 1. The summed E-state index contributed by atoms with van der Waals surface area (Å²) < 4.78 is 22.9. The minimum absolute atomic E-state index is 0.207. The Morgan fingerprint density at radius 2 is 1.92 bits per heavy atom. The van der Waals surface area contributed by atoms with Gasteiger partial charge >= 0.3 is 13.1 Å². The van der Waals surface area contributed by atoms with Crippen LogP contribution in [0.2, 0.25) is 0 Å². The van der Waals surface area contributed by atoms with Crippen LogP contribution in [-0.2, 0) is 14.0 Å². The van der Waals surface area contributed by atoms with Gasteiger partial charge < -0.3 is 23.7 Å². The highest BCUT2D eigenvalue weighted by atomic mass is 16.7. The van der Waals surface area contributed by atoms with Crippen molar-refractivity contribution in [1.82, 2.24) is 4.98 Å². The Morgan fingerprint density at radius 1 is 1.29 bits per heavy atom. The Kier molecular flexibility index (Phi) is 4.00. The lowest BCUT2D eigenvalue weighted by Gasteiger charge is -2.32. The van der Waals surface area contributed by atoms with E-state index >= 15 is 0 Å². The van der Waals surface area contributed by atoms with Gasteiger partial charge in [-0.3, -0.25) is 0 Å². The molecule has 1 saturated heterocycles. The summed E-state index contributed by atoms with van der Waals surface area (Å²) in [6.07, 6.45) is 0. The minimum atomic E-state index is -0.637. The standard InChI is InChI=1S/C16H23BN2O5/c1-15(2)16(3,4)24-17(23-15)10-9-11(14(20)21-6)18-13-12(10)22-8-7-19(13)5/h9H,7-8H2,1-6H3. The fourth-order valence-electron chi connectivity index (χ4n) is 2.69. The average molecular weight is 334 g/mol. The summed E-state index contributed by atoms with van der Waals surface area (Å²) in [4.78, 5) is 18.3. The number of pyridine rings is 1. The molecular formula is C16H23BN2O5. The quantitative estimate of drug-likeness (QED) is 0.590. The molecule has 0 amide bonds. The number of nitrogens with zero attached hydrogens (tertiary/aromatic N) is 2. The molecule has 0 atom stereocenters. The number of rotatable bonds is 2. The zero-order chi connectivity index (χ0) is 17.7. The van der Waals surface area contributed by atoms with Crippen molar-refractivity contribution in [1.29, 1.82) is 0 Å². The normalized spacial score (nSPS) is 21.2. The van der Waals surface area contributed by atoms with Gasteiger partial charge in [0.05, 0.1) is 24.9 Å². The molecule has 0 spiro atoms. The van der Waals surface area contributed by atoms with Crippen molar-refractivity contribution in [2.75, 3.05) is 32.2 Å². The zero-order valence-corrected chi connectivity index (χ0v) is 15.0. The van der Waals surface area contributed by atoms with E-state index < -0.39 is 24.3 Å². The van der Waals surface area contributed by atoms with Gasteiger partial charge in [-0.25, -0.2) is 9.78 Å². The topological polar surface area (TPSA) is 70.1 Å². The molecule has 0 aliphatic carbocycles. The van der Waals surface area contributed by atoms with Crippen LogP contribution < -0.4 is 15.1 Å². The van der Waals surface area contributed by atoms with E-state index in [1.165, 1.54) is 7.11 Å². The first kappa shape index (κ1) is 17.0. The highest BCUT2D eigenvalue weighted by Crippen LogP contribution is 2.38. The zero-order valence-electron chi connectivity index (χ0n) is 15.0. The van der Waals surface area contributed by atoms with Gasteiger partial charge in [-0.05, 0) is 33.8 Å². The number of methoxy groups -OCH3 is 1. The van der Waals surface area contributed by atoms with Gasteiger partial charge in [0.2, 0.25) is 0 Å². The molecule has 0 saturated carbocycles. The third kappa shape index (κ3) is 2.63. The molecule has 0 aromatic carbocycles. The Labute approximate surface area is 142 Å². The molecule has 0 unspecified atom stereocenters. The second-order valence-corrected chi connectivity index (χ2v) is 7.10. The summed E-state index contributed by atoms with van der Waals surface area (Å²) in [6.45, 7) is 9.15. The molecule has 0 radical (unpaired) electrons. The fourth-order valence-corrected chi connectivity index (χ4v) is 2.69. The molecule has 7 nitrogen and oxygen atoms in total. The number of anilines is 1. The molecule has 1 aromatic rings. The summed E-state index contributed by atoms with van der Waals surface area (Å²) >= 11 is 0. The maximum atomic E-state index is 12.0. The van der Waals surface area contributed by atoms with Crippen LogP contribution in [0.1, 0.15) is 38.2 Å². The SMILES string of the molecule is COC(=O)c1cc(B2OC(C)(C)C(C)(C)O2)c2c(n1)N(C)CCO2. The second kappa shape index (κ2) is 5.63. The van der Waals surface area contributed by atoms with Crippen LogP contribution in [0.25, 0.3) is 0 Å². The third-order valence-electron chi connectivity index (χ3n) is 4.92. The number of likely N-dealkylation sites (N-methyl/N-ethyl adjacent to an activating group) is 1. The van der Waals surface area contributed by atoms with Crippen molar-refractivity contribution in [2.45, 2.75) is 38.9 Å². The van der Waals surface area contributed by atoms with Crippen LogP contribution in [0.15, 0.2) is 6.07 Å². The van der Waals surface area contributed by atoms with E-state index in [4.69, 9.17) is 18.8 Å². The molecule has 0 bridgehead atoms. The van der Waals surface area contributed by atoms with E-state index in [-0.39, 0.29) is 5.69 Å². The average Bonchev–Trinajstić information content (AvgIpc) is 2.74. The number of esters is 1. The minimum Gasteiger partial charge on any atom is -0.488 e. The van der Waals surface area contributed by atoms with E-state index in [1.54, 1.807) is 6.07 Å². The maximum absolute atomic E-state index is 12.0.